The molecule has 15 heavy (non-hydrogen) atoms. The largest absolute Gasteiger partial charge is 0.490 e. The van der Waals surface area contributed by atoms with Gasteiger partial charge in [0.25, 0.3) is 0 Å². The number of alkyl halides is 3. The van der Waals surface area contributed by atoms with Gasteiger partial charge in [-0.2, -0.15) is 13.2 Å². The van der Waals surface area contributed by atoms with Crippen LogP contribution in [-0.2, 0) is 6.18 Å². The molecule has 0 aliphatic carbocycles. The second-order valence-corrected chi connectivity index (χ2v) is 3.59. The van der Waals surface area contributed by atoms with E-state index in [2.05, 4.69) is 22.5 Å². The molecule has 1 nitrogen and oxygen atoms in total. The van der Waals surface area contributed by atoms with E-state index in [-0.39, 0.29) is 16.8 Å². The lowest BCUT2D eigenvalue weighted by molar-refractivity contribution is -0.138. The van der Waals surface area contributed by atoms with Crippen LogP contribution in [0.2, 0.25) is 0 Å². The molecule has 0 unspecified atom stereocenters. The molecule has 0 heterocycles. The van der Waals surface area contributed by atoms with E-state index in [0.717, 1.165) is 6.07 Å². The van der Waals surface area contributed by atoms with Gasteiger partial charge in [-0.15, -0.1) is 0 Å². The Hall–Kier alpha value is -0.970. The van der Waals surface area contributed by atoms with E-state index in [0.29, 0.717) is 0 Å². The van der Waals surface area contributed by atoms with Crippen molar-refractivity contribution in [3.63, 3.8) is 0 Å². The summed E-state index contributed by atoms with van der Waals surface area (Å²) in [6, 6.07) is 3.72. The van der Waals surface area contributed by atoms with Gasteiger partial charge in [-0.1, -0.05) is 28.6 Å². The third kappa shape index (κ3) is 3.27. The summed E-state index contributed by atoms with van der Waals surface area (Å²) in [6.45, 7) is 3.59. The first kappa shape index (κ1) is 12.1. The molecule has 0 bridgehead atoms. The van der Waals surface area contributed by atoms with Crippen molar-refractivity contribution in [3.05, 3.63) is 40.9 Å². The predicted molar refractivity (Wildman–Crippen MR) is 54.8 cm³/mol. The Morgan fingerprint density at radius 2 is 2.07 bits per heavy atom. The van der Waals surface area contributed by atoms with Crippen LogP contribution in [0.3, 0.4) is 0 Å². The van der Waals surface area contributed by atoms with Crippen molar-refractivity contribution in [1.82, 2.24) is 0 Å². The van der Waals surface area contributed by atoms with Crippen molar-refractivity contribution in [2.24, 2.45) is 0 Å². The standard InChI is InChI=1S/C10H8BrF3O/c1-2-5-15-7-3-4-9(11)8(6-7)10(12,13)14/h2-4,6H,1,5H2. The van der Waals surface area contributed by atoms with Gasteiger partial charge < -0.3 is 4.74 Å². The van der Waals surface area contributed by atoms with E-state index in [9.17, 15) is 13.2 Å². The first-order valence-electron chi connectivity index (χ1n) is 4.05. The maximum absolute atomic E-state index is 12.4. The Labute approximate surface area is 93.7 Å². The van der Waals surface area contributed by atoms with Crippen LogP contribution < -0.4 is 4.74 Å². The topological polar surface area (TPSA) is 9.23 Å². The summed E-state index contributed by atoms with van der Waals surface area (Å²) in [6.07, 6.45) is -2.91. The zero-order valence-electron chi connectivity index (χ0n) is 7.64. The van der Waals surface area contributed by atoms with Crippen LogP contribution >= 0.6 is 15.9 Å². The summed E-state index contributed by atoms with van der Waals surface area (Å²) in [5.74, 6) is 0.172. The predicted octanol–water partition coefficient (Wildman–Crippen LogP) is 4.03. The Kier molecular flexibility index (Phi) is 3.79. The molecule has 0 aliphatic rings. The summed E-state index contributed by atoms with van der Waals surface area (Å²) in [4.78, 5) is 0. The first-order chi connectivity index (χ1) is 6.95. The lowest BCUT2D eigenvalue weighted by Gasteiger charge is -2.11. The summed E-state index contributed by atoms with van der Waals surface area (Å²) < 4.78 is 42.3. The fourth-order valence-electron chi connectivity index (χ4n) is 0.967. The van der Waals surface area contributed by atoms with E-state index >= 15 is 0 Å². The second kappa shape index (κ2) is 4.70. The van der Waals surface area contributed by atoms with Gasteiger partial charge in [0.15, 0.2) is 0 Å². The minimum atomic E-state index is -4.38. The molecule has 0 saturated carbocycles. The number of ether oxygens (including phenoxy) is 1. The smallest absolute Gasteiger partial charge is 0.417 e. The summed E-state index contributed by atoms with van der Waals surface area (Å²) in [7, 11) is 0. The van der Waals surface area contributed by atoms with Crippen molar-refractivity contribution in [1.29, 1.82) is 0 Å². The summed E-state index contributed by atoms with van der Waals surface area (Å²) in [5.41, 5.74) is -0.746. The Bertz CT molecular complexity index is 360. The van der Waals surface area contributed by atoms with Gasteiger partial charge in [0.1, 0.15) is 12.4 Å². The van der Waals surface area contributed by atoms with Crippen molar-refractivity contribution in [2.75, 3.05) is 6.61 Å². The molecule has 0 amide bonds. The number of halogens is 4. The molecule has 0 aliphatic heterocycles. The lowest BCUT2D eigenvalue weighted by atomic mass is 10.2. The highest BCUT2D eigenvalue weighted by molar-refractivity contribution is 9.10. The molecule has 82 valence electrons. The van der Waals surface area contributed by atoms with Crippen molar-refractivity contribution in [2.45, 2.75) is 6.18 Å². The third-order valence-corrected chi connectivity index (χ3v) is 2.30. The molecule has 5 heteroatoms. The molecule has 0 fully saturated rings. The molecule has 0 radical (unpaired) electrons. The molecule has 0 N–H and O–H groups in total. The fraction of sp³-hybridized carbons (Fsp3) is 0.200. The Balaban J connectivity index is 3.00. The molecule has 1 aromatic rings. The average Bonchev–Trinajstić information content (AvgIpc) is 2.15. The zero-order chi connectivity index (χ0) is 11.5. The Morgan fingerprint density at radius 3 is 2.60 bits per heavy atom. The third-order valence-electron chi connectivity index (χ3n) is 1.61. The van der Waals surface area contributed by atoms with Crippen molar-refractivity contribution >= 4 is 15.9 Å². The van der Waals surface area contributed by atoms with Gasteiger partial charge in [0.05, 0.1) is 5.56 Å². The first-order valence-corrected chi connectivity index (χ1v) is 4.85. The van der Waals surface area contributed by atoms with Crippen molar-refractivity contribution < 1.29 is 17.9 Å². The maximum Gasteiger partial charge on any atom is 0.417 e. The SMILES string of the molecule is C=CCOc1ccc(Br)c(C(F)(F)F)c1. The lowest BCUT2D eigenvalue weighted by Crippen LogP contribution is -2.06. The van der Waals surface area contributed by atoms with Crippen LogP contribution in [0.5, 0.6) is 5.75 Å². The highest BCUT2D eigenvalue weighted by Crippen LogP contribution is 2.36. The quantitative estimate of drug-likeness (QED) is 0.760. The highest BCUT2D eigenvalue weighted by Gasteiger charge is 2.33. The van der Waals surface area contributed by atoms with Crippen LogP contribution in [0.1, 0.15) is 5.56 Å². The summed E-state index contributed by atoms with van der Waals surface area (Å²) in [5, 5.41) is 0. The Morgan fingerprint density at radius 1 is 1.40 bits per heavy atom. The van der Waals surface area contributed by atoms with Gasteiger partial charge in [-0.05, 0) is 18.2 Å². The van der Waals surface area contributed by atoms with Gasteiger partial charge in [-0.3, -0.25) is 0 Å². The van der Waals surface area contributed by atoms with E-state index in [1.165, 1.54) is 18.2 Å². The average molecular weight is 281 g/mol. The second-order valence-electron chi connectivity index (χ2n) is 2.74. The zero-order valence-corrected chi connectivity index (χ0v) is 9.23. The number of hydrogen-bond donors (Lipinski definition) is 0. The van der Waals surface area contributed by atoms with E-state index in [1.54, 1.807) is 0 Å². The summed E-state index contributed by atoms with van der Waals surface area (Å²) >= 11 is 2.84. The van der Waals surface area contributed by atoms with Crippen LogP contribution in [0.4, 0.5) is 13.2 Å². The molecular weight excluding hydrogens is 273 g/mol. The van der Waals surface area contributed by atoms with Crippen LogP contribution in [-0.4, -0.2) is 6.61 Å². The fourth-order valence-corrected chi connectivity index (χ4v) is 1.44. The number of rotatable bonds is 3. The van der Waals surface area contributed by atoms with Gasteiger partial charge in [0, 0.05) is 4.47 Å². The molecule has 0 aromatic heterocycles. The van der Waals surface area contributed by atoms with Gasteiger partial charge >= 0.3 is 6.18 Å². The number of hydrogen-bond acceptors (Lipinski definition) is 1. The molecule has 0 saturated heterocycles. The molecule has 1 rings (SSSR count). The van der Waals surface area contributed by atoms with Gasteiger partial charge in [0.2, 0.25) is 0 Å². The minimum absolute atomic E-state index is 0.000882. The minimum Gasteiger partial charge on any atom is -0.490 e. The molecular formula is C10H8BrF3O. The number of benzene rings is 1. The molecule has 1 aromatic carbocycles. The highest BCUT2D eigenvalue weighted by atomic mass is 79.9. The van der Waals surface area contributed by atoms with E-state index in [1.807, 2.05) is 0 Å². The molecule has 0 spiro atoms. The monoisotopic (exact) mass is 280 g/mol. The van der Waals surface area contributed by atoms with Gasteiger partial charge in [-0.25, -0.2) is 0 Å². The van der Waals surface area contributed by atoms with E-state index < -0.39 is 11.7 Å². The van der Waals surface area contributed by atoms with Crippen LogP contribution in [0.25, 0.3) is 0 Å². The normalized spacial score (nSPS) is 11.2. The van der Waals surface area contributed by atoms with E-state index in [4.69, 9.17) is 4.74 Å². The van der Waals surface area contributed by atoms with Crippen molar-refractivity contribution in [3.8, 4) is 5.75 Å². The maximum atomic E-state index is 12.4. The van der Waals surface area contributed by atoms with Crippen LogP contribution in [0.15, 0.2) is 35.3 Å². The van der Waals surface area contributed by atoms with Crippen LogP contribution in [0, 0.1) is 0 Å². The molecule has 0 atom stereocenters.